The first-order chi connectivity index (χ1) is 17.2. The molecule has 0 bridgehead atoms. The second-order valence-electron chi connectivity index (χ2n) is 8.91. The number of imidazole rings is 1. The Morgan fingerprint density at radius 2 is 1.77 bits per heavy atom. The van der Waals surface area contributed by atoms with Crippen LogP contribution in [0.5, 0.6) is 0 Å². The van der Waals surface area contributed by atoms with Crippen molar-refractivity contribution in [2.75, 3.05) is 11.4 Å². The van der Waals surface area contributed by atoms with E-state index in [9.17, 15) is 4.79 Å². The standard InChI is InChI=1S/C29H27N5O/c1-30-25-12-13-28-24(16-25)18-34(29(35)15-23-10-6-3-7-11-23)27(14-22-8-4-2-5-9-22)20-33(28)19-26-17-31-21-32-26/h2-13,16-17,21,27H,14-15,18-20H2,(H,31,32)/t27-/m1/s1. The third-order valence-corrected chi connectivity index (χ3v) is 6.49. The second kappa shape index (κ2) is 10.3. The smallest absolute Gasteiger partial charge is 0.227 e. The SMILES string of the molecule is [C-]#[N+]c1ccc2c(c1)CN(C(=O)Cc1ccccc1)[C@H](Cc1ccccc1)CN2Cc1cnc[nH]1. The molecule has 0 aliphatic carbocycles. The van der Waals surface area contributed by atoms with Crippen molar-refractivity contribution < 1.29 is 4.79 Å². The average molecular weight is 462 g/mol. The van der Waals surface area contributed by atoms with Crippen LogP contribution in [-0.2, 0) is 30.7 Å². The fourth-order valence-electron chi connectivity index (χ4n) is 4.79. The number of fused-ring (bicyclic) bond motifs is 1. The minimum absolute atomic E-state index is 0.0275. The number of anilines is 1. The zero-order chi connectivity index (χ0) is 24.0. The molecule has 1 aliphatic rings. The molecule has 1 N–H and O–H groups in total. The number of hydrogen-bond donors (Lipinski definition) is 1. The number of benzene rings is 3. The van der Waals surface area contributed by atoms with Crippen LogP contribution >= 0.6 is 0 Å². The van der Waals surface area contributed by atoms with Gasteiger partial charge in [-0.2, -0.15) is 0 Å². The first-order valence-electron chi connectivity index (χ1n) is 11.8. The number of carbonyl (C=O) groups is 1. The zero-order valence-electron chi connectivity index (χ0n) is 19.5. The van der Waals surface area contributed by atoms with Crippen LogP contribution in [0.3, 0.4) is 0 Å². The van der Waals surface area contributed by atoms with Gasteiger partial charge in [-0.3, -0.25) is 4.79 Å². The Labute approximate surface area is 205 Å². The zero-order valence-corrected chi connectivity index (χ0v) is 19.5. The Hall–Kier alpha value is -4.37. The molecule has 4 aromatic rings. The summed E-state index contributed by atoms with van der Waals surface area (Å²) < 4.78 is 0. The van der Waals surface area contributed by atoms with E-state index in [0.717, 1.165) is 28.9 Å². The number of aromatic amines is 1. The number of aromatic nitrogens is 2. The molecule has 0 saturated carbocycles. The molecule has 1 amide bonds. The largest absolute Gasteiger partial charge is 0.363 e. The molecule has 174 valence electrons. The highest BCUT2D eigenvalue weighted by Gasteiger charge is 2.31. The summed E-state index contributed by atoms with van der Waals surface area (Å²) in [5.74, 6) is 0.0969. The average Bonchev–Trinajstić information content (AvgIpc) is 3.35. The van der Waals surface area contributed by atoms with E-state index in [-0.39, 0.29) is 11.9 Å². The van der Waals surface area contributed by atoms with Gasteiger partial charge in [-0.25, -0.2) is 9.83 Å². The summed E-state index contributed by atoms with van der Waals surface area (Å²) in [6.45, 7) is 9.32. The van der Waals surface area contributed by atoms with Crippen molar-refractivity contribution in [3.8, 4) is 0 Å². The fourth-order valence-corrected chi connectivity index (χ4v) is 4.79. The molecule has 3 aromatic carbocycles. The van der Waals surface area contributed by atoms with Crippen LogP contribution < -0.4 is 4.90 Å². The molecule has 1 aromatic heterocycles. The summed E-state index contributed by atoms with van der Waals surface area (Å²) in [4.78, 5) is 29.1. The molecule has 6 heteroatoms. The molecule has 0 saturated heterocycles. The van der Waals surface area contributed by atoms with Gasteiger partial charge in [-0.05, 0) is 35.2 Å². The minimum Gasteiger partial charge on any atom is -0.363 e. The molecule has 6 nitrogen and oxygen atoms in total. The number of hydrogen-bond acceptors (Lipinski definition) is 3. The molecular weight excluding hydrogens is 434 g/mol. The highest BCUT2D eigenvalue weighted by molar-refractivity contribution is 5.80. The van der Waals surface area contributed by atoms with E-state index >= 15 is 0 Å². The van der Waals surface area contributed by atoms with Crippen molar-refractivity contribution in [2.24, 2.45) is 0 Å². The van der Waals surface area contributed by atoms with Gasteiger partial charge in [0.1, 0.15) is 0 Å². The van der Waals surface area contributed by atoms with Crippen LogP contribution in [-0.4, -0.2) is 33.4 Å². The third-order valence-electron chi connectivity index (χ3n) is 6.49. The Balaban J connectivity index is 1.53. The van der Waals surface area contributed by atoms with Crippen molar-refractivity contribution >= 4 is 17.3 Å². The summed E-state index contributed by atoms with van der Waals surface area (Å²) >= 11 is 0. The molecular formula is C29H27N5O. The predicted molar refractivity (Wildman–Crippen MR) is 137 cm³/mol. The van der Waals surface area contributed by atoms with Gasteiger partial charge in [0, 0.05) is 25.0 Å². The number of amides is 1. The quantitative estimate of drug-likeness (QED) is 0.404. The van der Waals surface area contributed by atoms with Crippen LogP contribution in [0.25, 0.3) is 4.85 Å². The molecule has 35 heavy (non-hydrogen) atoms. The van der Waals surface area contributed by atoms with E-state index < -0.39 is 0 Å². The van der Waals surface area contributed by atoms with Gasteiger partial charge >= 0.3 is 0 Å². The maximum atomic E-state index is 13.7. The number of carbonyl (C=O) groups excluding carboxylic acids is 1. The Bertz CT molecular complexity index is 1310. The van der Waals surface area contributed by atoms with Crippen molar-refractivity contribution in [1.29, 1.82) is 0 Å². The normalized spacial score (nSPS) is 15.2. The summed E-state index contributed by atoms with van der Waals surface area (Å²) in [6, 6.07) is 26.0. The lowest BCUT2D eigenvalue weighted by Crippen LogP contribution is -2.46. The maximum absolute atomic E-state index is 13.7. The predicted octanol–water partition coefficient (Wildman–Crippen LogP) is 5.16. The van der Waals surface area contributed by atoms with E-state index in [1.54, 1.807) is 6.33 Å². The number of nitrogens with one attached hydrogen (secondary N) is 1. The maximum Gasteiger partial charge on any atom is 0.227 e. The highest BCUT2D eigenvalue weighted by Crippen LogP contribution is 2.33. The minimum atomic E-state index is -0.0275. The number of nitrogens with zero attached hydrogens (tertiary/aromatic N) is 4. The number of rotatable bonds is 6. The Morgan fingerprint density at radius 1 is 1.03 bits per heavy atom. The van der Waals surface area contributed by atoms with E-state index in [0.29, 0.717) is 31.7 Å². The topological polar surface area (TPSA) is 56.6 Å². The van der Waals surface area contributed by atoms with Gasteiger partial charge < -0.3 is 14.8 Å². The molecule has 0 radical (unpaired) electrons. The lowest BCUT2D eigenvalue weighted by atomic mass is 10.0. The first kappa shape index (κ1) is 22.4. The first-order valence-corrected chi connectivity index (χ1v) is 11.8. The highest BCUT2D eigenvalue weighted by atomic mass is 16.2. The molecule has 2 heterocycles. The van der Waals surface area contributed by atoms with Crippen molar-refractivity contribution in [3.05, 3.63) is 125 Å². The van der Waals surface area contributed by atoms with Gasteiger partial charge in [0.25, 0.3) is 0 Å². The molecule has 0 unspecified atom stereocenters. The van der Waals surface area contributed by atoms with Gasteiger partial charge in [0.15, 0.2) is 5.69 Å². The van der Waals surface area contributed by atoms with Crippen LogP contribution in [0, 0.1) is 6.57 Å². The Kier molecular flexibility index (Phi) is 6.58. The fraction of sp³-hybridized carbons (Fsp3) is 0.207. The third kappa shape index (κ3) is 5.25. The molecule has 0 spiro atoms. The van der Waals surface area contributed by atoms with E-state index in [2.05, 4.69) is 31.8 Å². The van der Waals surface area contributed by atoms with Crippen molar-refractivity contribution in [3.63, 3.8) is 0 Å². The van der Waals surface area contributed by atoms with Crippen molar-refractivity contribution in [1.82, 2.24) is 14.9 Å². The van der Waals surface area contributed by atoms with Gasteiger partial charge in [0.05, 0.1) is 37.6 Å². The van der Waals surface area contributed by atoms with Crippen LogP contribution in [0.1, 0.15) is 22.4 Å². The summed E-state index contributed by atoms with van der Waals surface area (Å²) in [6.07, 6.45) is 4.63. The van der Waals surface area contributed by atoms with Crippen molar-refractivity contribution in [2.45, 2.75) is 32.0 Å². The van der Waals surface area contributed by atoms with Gasteiger partial charge in [-0.15, -0.1) is 0 Å². The second-order valence-corrected chi connectivity index (χ2v) is 8.91. The lowest BCUT2D eigenvalue weighted by molar-refractivity contribution is -0.133. The lowest BCUT2D eigenvalue weighted by Gasteiger charge is -2.33. The van der Waals surface area contributed by atoms with E-state index in [4.69, 9.17) is 6.57 Å². The molecule has 0 fully saturated rings. The molecule has 5 rings (SSSR count). The monoisotopic (exact) mass is 461 g/mol. The van der Waals surface area contributed by atoms with Gasteiger partial charge in [-0.1, -0.05) is 66.7 Å². The molecule has 1 atom stereocenters. The summed E-state index contributed by atoms with van der Waals surface area (Å²) in [5.41, 5.74) is 5.85. The van der Waals surface area contributed by atoms with Crippen LogP contribution in [0.4, 0.5) is 11.4 Å². The van der Waals surface area contributed by atoms with Gasteiger partial charge in [0.2, 0.25) is 5.91 Å². The van der Waals surface area contributed by atoms with E-state index in [1.165, 1.54) is 5.56 Å². The van der Waals surface area contributed by atoms with Crippen LogP contribution in [0.15, 0.2) is 91.4 Å². The summed E-state index contributed by atoms with van der Waals surface area (Å²) in [5, 5.41) is 0. The van der Waals surface area contributed by atoms with Crippen LogP contribution in [0.2, 0.25) is 0 Å². The number of H-pyrrole nitrogens is 1. The Morgan fingerprint density at radius 3 is 2.46 bits per heavy atom. The summed E-state index contributed by atoms with van der Waals surface area (Å²) in [7, 11) is 0. The molecule has 1 aliphatic heterocycles. The van der Waals surface area contributed by atoms with E-state index in [1.807, 2.05) is 77.8 Å².